The Morgan fingerprint density at radius 3 is 2.67 bits per heavy atom. The monoisotopic (exact) mass is 208 g/mol. The van der Waals surface area contributed by atoms with Crippen molar-refractivity contribution in [2.75, 3.05) is 13.2 Å². The standard InChI is InChI=1S/C12H16O3/c13-8-11-10-4-2-1-3-9(10)7-12(11)14-5-6-15-12/h1-2,8-11H,3-7H2/t9-,10+,11-/m0/s1. The molecule has 0 aromatic heterocycles. The molecule has 1 heterocycles. The van der Waals surface area contributed by atoms with E-state index in [1.807, 2.05) is 0 Å². The third-order valence-electron chi connectivity index (χ3n) is 4.06. The quantitative estimate of drug-likeness (QED) is 0.484. The van der Waals surface area contributed by atoms with Crippen LogP contribution in [0, 0.1) is 17.8 Å². The summed E-state index contributed by atoms with van der Waals surface area (Å²) in [7, 11) is 0. The average Bonchev–Trinajstić information content (AvgIpc) is 2.83. The maximum Gasteiger partial charge on any atom is 0.178 e. The summed E-state index contributed by atoms with van der Waals surface area (Å²) >= 11 is 0. The van der Waals surface area contributed by atoms with Crippen LogP contribution in [0.5, 0.6) is 0 Å². The van der Waals surface area contributed by atoms with Crippen LogP contribution in [-0.4, -0.2) is 25.3 Å². The van der Waals surface area contributed by atoms with Gasteiger partial charge in [-0.05, 0) is 24.7 Å². The molecule has 1 spiro atoms. The zero-order valence-corrected chi connectivity index (χ0v) is 8.72. The van der Waals surface area contributed by atoms with Gasteiger partial charge in [0.2, 0.25) is 0 Å². The van der Waals surface area contributed by atoms with Gasteiger partial charge in [-0.2, -0.15) is 0 Å². The van der Waals surface area contributed by atoms with Crippen molar-refractivity contribution in [1.82, 2.24) is 0 Å². The molecule has 0 unspecified atom stereocenters. The molecule has 1 saturated carbocycles. The lowest BCUT2D eigenvalue weighted by Crippen LogP contribution is -2.37. The number of aldehydes is 1. The Morgan fingerprint density at radius 1 is 1.20 bits per heavy atom. The second kappa shape index (κ2) is 3.42. The Kier molecular flexibility index (Phi) is 2.18. The lowest BCUT2D eigenvalue weighted by molar-refractivity contribution is -0.184. The van der Waals surface area contributed by atoms with Crippen LogP contribution in [-0.2, 0) is 14.3 Å². The second-order valence-electron chi connectivity index (χ2n) is 4.74. The molecule has 2 aliphatic carbocycles. The maximum absolute atomic E-state index is 11.2. The molecule has 1 saturated heterocycles. The summed E-state index contributed by atoms with van der Waals surface area (Å²) in [5, 5.41) is 0. The Hall–Kier alpha value is -0.670. The molecule has 15 heavy (non-hydrogen) atoms. The first-order valence-corrected chi connectivity index (χ1v) is 5.74. The molecule has 0 aromatic rings. The largest absolute Gasteiger partial charge is 0.347 e. The van der Waals surface area contributed by atoms with Crippen molar-refractivity contribution in [3.05, 3.63) is 12.2 Å². The predicted molar refractivity (Wildman–Crippen MR) is 54.2 cm³/mol. The number of hydrogen-bond donors (Lipinski definition) is 0. The van der Waals surface area contributed by atoms with Crippen molar-refractivity contribution in [3.63, 3.8) is 0 Å². The summed E-state index contributed by atoms with van der Waals surface area (Å²) in [6, 6.07) is 0. The molecule has 82 valence electrons. The van der Waals surface area contributed by atoms with Crippen LogP contribution in [0.25, 0.3) is 0 Å². The van der Waals surface area contributed by atoms with Gasteiger partial charge in [0.15, 0.2) is 5.79 Å². The Morgan fingerprint density at radius 2 is 1.93 bits per heavy atom. The molecule has 0 bridgehead atoms. The average molecular weight is 208 g/mol. The van der Waals surface area contributed by atoms with Gasteiger partial charge in [0.05, 0.1) is 19.1 Å². The smallest absolute Gasteiger partial charge is 0.178 e. The molecule has 0 radical (unpaired) electrons. The molecule has 3 atom stereocenters. The number of carbonyl (C=O) groups excluding carboxylic acids is 1. The highest BCUT2D eigenvalue weighted by atomic mass is 16.7. The van der Waals surface area contributed by atoms with Gasteiger partial charge in [0.25, 0.3) is 0 Å². The van der Waals surface area contributed by atoms with Gasteiger partial charge in [-0.15, -0.1) is 0 Å². The molecule has 0 N–H and O–H groups in total. The fourth-order valence-electron chi connectivity index (χ4n) is 3.38. The van der Waals surface area contributed by atoms with Gasteiger partial charge < -0.3 is 14.3 Å². The van der Waals surface area contributed by atoms with Gasteiger partial charge in [-0.1, -0.05) is 12.2 Å². The maximum atomic E-state index is 11.2. The Labute approximate surface area is 89.4 Å². The second-order valence-corrected chi connectivity index (χ2v) is 4.74. The van der Waals surface area contributed by atoms with Gasteiger partial charge in [-0.3, -0.25) is 0 Å². The van der Waals surface area contributed by atoms with E-state index in [1.54, 1.807) is 0 Å². The van der Waals surface area contributed by atoms with Crippen LogP contribution < -0.4 is 0 Å². The zero-order chi connectivity index (χ0) is 10.3. The SMILES string of the molecule is O=C[C@H]1[C@@H]2CC=CC[C@H]2CC12OCCO2. The van der Waals surface area contributed by atoms with Crippen molar-refractivity contribution in [2.24, 2.45) is 17.8 Å². The normalized spacial score (nSPS) is 42.0. The van der Waals surface area contributed by atoms with Crippen LogP contribution in [0.2, 0.25) is 0 Å². The molecule has 0 aromatic carbocycles. The number of allylic oxidation sites excluding steroid dienone is 2. The van der Waals surface area contributed by atoms with Crippen molar-refractivity contribution in [2.45, 2.75) is 25.0 Å². The number of hydrogen-bond acceptors (Lipinski definition) is 3. The summed E-state index contributed by atoms with van der Waals surface area (Å²) in [6.45, 7) is 1.27. The topological polar surface area (TPSA) is 35.5 Å². The van der Waals surface area contributed by atoms with E-state index in [0.717, 1.165) is 25.5 Å². The van der Waals surface area contributed by atoms with Crippen molar-refractivity contribution in [3.8, 4) is 0 Å². The van der Waals surface area contributed by atoms with E-state index in [1.165, 1.54) is 0 Å². The minimum absolute atomic E-state index is 0.0602. The molecule has 1 aliphatic heterocycles. The minimum Gasteiger partial charge on any atom is -0.347 e. The zero-order valence-electron chi connectivity index (χ0n) is 8.72. The summed E-state index contributed by atoms with van der Waals surface area (Å²) in [4.78, 5) is 11.2. The van der Waals surface area contributed by atoms with Gasteiger partial charge in [0, 0.05) is 6.42 Å². The van der Waals surface area contributed by atoms with Crippen LogP contribution in [0.4, 0.5) is 0 Å². The molecule has 0 amide bonds. The molecule has 3 nitrogen and oxygen atoms in total. The van der Waals surface area contributed by atoms with E-state index in [2.05, 4.69) is 12.2 Å². The fraction of sp³-hybridized carbons (Fsp3) is 0.750. The third-order valence-corrected chi connectivity index (χ3v) is 4.06. The number of ether oxygens (including phenoxy) is 2. The van der Waals surface area contributed by atoms with E-state index in [0.29, 0.717) is 25.0 Å². The first kappa shape index (κ1) is 9.55. The summed E-state index contributed by atoms with van der Waals surface area (Å²) in [6.07, 6.45) is 8.43. The number of carbonyl (C=O) groups is 1. The highest BCUT2D eigenvalue weighted by Crippen LogP contribution is 2.52. The van der Waals surface area contributed by atoms with E-state index in [9.17, 15) is 4.79 Å². The lowest BCUT2D eigenvalue weighted by Gasteiger charge is -2.27. The lowest BCUT2D eigenvalue weighted by atomic mass is 9.82. The van der Waals surface area contributed by atoms with Gasteiger partial charge in [-0.25, -0.2) is 0 Å². The van der Waals surface area contributed by atoms with Crippen molar-refractivity contribution < 1.29 is 14.3 Å². The molecular weight excluding hydrogens is 192 g/mol. The fourth-order valence-corrected chi connectivity index (χ4v) is 3.38. The Balaban J connectivity index is 1.90. The highest BCUT2D eigenvalue weighted by molar-refractivity contribution is 5.57. The molecule has 3 aliphatic rings. The Bertz CT molecular complexity index is 291. The molecule has 3 heteroatoms. The first-order chi connectivity index (χ1) is 7.36. The summed E-state index contributed by atoms with van der Waals surface area (Å²) < 4.78 is 11.4. The van der Waals surface area contributed by atoms with Crippen LogP contribution in [0.3, 0.4) is 0 Å². The van der Waals surface area contributed by atoms with E-state index in [-0.39, 0.29) is 5.92 Å². The van der Waals surface area contributed by atoms with Crippen LogP contribution in [0.1, 0.15) is 19.3 Å². The van der Waals surface area contributed by atoms with Crippen molar-refractivity contribution >= 4 is 6.29 Å². The third kappa shape index (κ3) is 1.30. The number of fused-ring (bicyclic) bond motifs is 1. The predicted octanol–water partition coefficient (Wildman–Crippen LogP) is 1.53. The molecule has 2 fully saturated rings. The van der Waals surface area contributed by atoms with E-state index < -0.39 is 5.79 Å². The molecule has 3 rings (SSSR count). The minimum atomic E-state index is -0.566. The van der Waals surface area contributed by atoms with Crippen LogP contribution >= 0.6 is 0 Å². The van der Waals surface area contributed by atoms with Gasteiger partial charge in [0.1, 0.15) is 6.29 Å². The van der Waals surface area contributed by atoms with Gasteiger partial charge >= 0.3 is 0 Å². The molecular formula is C12H16O3. The van der Waals surface area contributed by atoms with E-state index >= 15 is 0 Å². The highest BCUT2D eigenvalue weighted by Gasteiger charge is 2.56. The van der Waals surface area contributed by atoms with Crippen LogP contribution in [0.15, 0.2) is 12.2 Å². The first-order valence-electron chi connectivity index (χ1n) is 5.74. The van der Waals surface area contributed by atoms with E-state index in [4.69, 9.17) is 9.47 Å². The summed E-state index contributed by atoms with van der Waals surface area (Å²) in [5.74, 6) is 0.382. The summed E-state index contributed by atoms with van der Waals surface area (Å²) in [5.41, 5.74) is 0. The number of rotatable bonds is 1. The van der Waals surface area contributed by atoms with Crippen molar-refractivity contribution in [1.29, 1.82) is 0 Å².